The Morgan fingerprint density at radius 2 is 2.04 bits per heavy atom. The molecule has 128 valence electrons. The molecule has 1 aromatic rings. The highest BCUT2D eigenvalue weighted by molar-refractivity contribution is 5.89. The number of hydrogen-bond donors (Lipinski definition) is 2. The monoisotopic (exact) mass is 319 g/mol. The summed E-state index contributed by atoms with van der Waals surface area (Å²) in [7, 11) is 2.15. The van der Waals surface area contributed by atoms with E-state index in [2.05, 4.69) is 28.2 Å². The lowest BCUT2D eigenvalue weighted by atomic mass is 10.0. The van der Waals surface area contributed by atoms with Gasteiger partial charge in [0.2, 0.25) is 5.91 Å². The lowest BCUT2D eigenvalue weighted by Gasteiger charge is -2.37. The number of amides is 1. The molecule has 23 heavy (non-hydrogen) atoms. The number of aliphatic hydroxyl groups is 1. The first-order valence-corrected chi connectivity index (χ1v) is 8.49. The minimum atomic E-state index is -0.0262. The fourth-order valence-electron chi connectivity index (χ4n) is 3.23. The van der Waals surface area contributed by atoms with E-state index in [0.29, 0.717) is 6.04 Å². The van der Waals surface area contributed by atoms with E-state index in [-0.39, 0.29) is 12.5 Å². The molecule has 1 saturated heterocycles. The highest BCUT2D eigenvalue weighted by Crippen LogP contribution is 2.21. The molecule has 0 unspecified atom stereocenters. The molecular weight excluding hydrogens is 290 g/mol. The van der Waals surface area contributed by atoms with Crippen LogP contribution in [0.5, 0.6) is 0 Å². The van der Waals surface area contributed by atoms with Gasteiger partial charge in [-0.3, -0.25) is 9.69 Å². The maximum atomic E-state index is 11.3. The molecule has 0 atom stereocenters. The average molecular weight is 319 g/mol. The van der Waals surface area contributed by atoms with Crippen molar-refractivity contribution in [2.75, 3.05) is 38.6 Å². The van der Waals surface area contributed by atoms with Gasteiger partial charge in [0, 0.05) is 38.3 Å². The Labute approximate surface area is 139 Å². The quantitative estimate of drug-likeness (QED) is 0.806. The number of benzene rings is 1. The van der Waals surface area contributed by atoms with Crippen LogP contribution in [0.1, 0.15) is 31.7 Å². The minimum Gasteiger partial charge on any atom is -0.396 e. The van der Waals surface area contributed by atoms with Crippen LogP contribution >= 0.6 is 0 Å². The number of piperidine rings is 1. The van der Waals surface area contributed by atoms with Gasteiger partial charge in [0.05, 0.1) is 0 Å². The zero-order chi connectivity index (χ0) is 16.7. The minimum absolute atomic E-state index is 0.0262. The van der Waals surface area contributed by atoms with Gasteiger partial charge >= 0.3 is 0 Å². The van der Waals surface area contributed by atoms with Crippen molar-refractivity contribution in [2.24, 2.45) is 0 Å². The number of hydrogen-bond acceptors (Lipinski definition) is 4. The molecule has 1 amide bonds. The topological polar surface area (TPSA) is 55.8 Å². The summed E-state index contributed by atoms with van der Waals surface area (Å²) in [5.41, 5.74) is 2.09. The first kappa shape index (κ1) is 17.9. The number of aliphatic hydroxyl groups excluding tert-OH is 1. The van der Waals surface area contributed by atoms with Crippen LogP contribution in [-0.4, -0.2) is 60.1 Å². The van der Waals surface area contributed by atoms with Crippen LogP contribution in [-0.2, 0) is 11.3 Å². The van der Waals surface area contributed by atoms with Crippen molar-refractivity contribution < 1.29 is 9.90 Å². The van der Waals surface area contributed by atoms with Crippen molar-refractivity contribution >= 4 is 11.6 Å². The zero-order valence-electron chi connectivity index (χ0n) is 14.3. The van der Waals surface area contributed by atoms with E-state index in [0.717, 1.165) is 51.1 Å². The van der Waals surface area contributed by atoms with E-state index in [1.165, 1.54) is 5.56 Å². The van der Waals surface area contributed by atoms with Crippen molar-refractivity contribution in [3.8, 4) is 0 Å². The number of para-hydroxylation sites is 1. The highest BCUT2D eigenvalue weighted by atomic mass is 16.3. The van der Waals surface area contributed by atoms with Gasteiger partial charge in [-0.2, -0.15) is 0 Å². The summed E-state index contributed by atoms with van der Waals surface area (Å²) in [5.74, 6) is -0.0262. The van der Waals surface area contributed by atoms with E-state index in [4.69, 9.17) is 5.11 Å². The molecule has 1 aromatic carbocycles. The SMILES string of the molecule is CC(=O)Nc1ccccc1CN1CCC(N(C)CCCO)CC1. The van der Waals surface area contributed by atoms with Gasteiger partial charge in [0.25, 0.3) is 0 Å². The molecule has 0 saturated carbocycles. The second-order valence-electron chi connectivity index (χ2n) is 6.40. The third-order valence-corrected chi connectivity index (χ3v) is 4.57. The van der Waals surface area contributed by atoms with Crippen molar-refractivity contribution in [3.05, 3.63) is 29.8 Å². The standard InChI is InChI=1S/C18H29N3O2/c1-15(23)19-18-7-4-3-6-16(18)14-21-11-8-17(9-12-21)20(2)10-5-13-22/h3-4,6-7,17,22H,5,8-14H2,1-2H3,(H,19,23). The van der Waals surface area contributed by atoms with Crippen molar-refractivity contribution in [3.63, 3.8) is 0 Å². The number of nitrogens with zero attached hydrogens (tertiary/aromatic N) is 2. The first-order chi connectivity index (χ1) is 11.1. The second kappa shape index (κ2) is 9.01. The van der Waals surface area contributed by atoms with Crippen LogP contribution in [0.2, 0.25) is 0 Å². The van der Waals surface area contributed by atoms with E-state index < -0.39 is 0 Å². The Kier molecular flexibility index (Phi) is 7.02. The number of rotatable bonds is 7. The van der Waals surface area contributed by atoms with Gasteiger partial charge in [-0.05, 0) is 51.0 Å². The van der Waals surface area contributed by atoms with Crippen molar-refractivity contribution in [1.82, 2.24) is 9.80 Å². The summed E-state index contributed by atoms with van der Waals surface area (Å²) in [4.78, 5) is 16.1. The third-order valence-electron chi connectivity index (χ3n) is 4.57. The lowest BCUT2D eigenvalue weighted by Crippen LogP contribution is -2.43. The van der Waals surface area contributed by atoms with Gasteiger partial charge < -0.3 is 15.3 Å². The van der Waals surface area contributed by atoms with Crippen LogP contribution in [0.3, 0.4) is 0 Å². The predicted molar refractivity (Wildman–Crippen MR) is 93.4 cm³/mol. The van der Waals surface area contributed by atoms with Crippen LogP contribution in [0, 0.1) is 0 Å². The third kappa shape index (κ3) is 5.61. The molecule has 0 aliphatic carbocycles. The molecule has 1 aliphatic heterocycles. The summed E-state index contributed by atoms with van der Waals surface area (Å²) in [6, 6.07) is 8.65. The maximum absolute atomic E-state index is 11.3. The number of carbonyl (C=O) groups excluding carboxylic acids is 1. The molecule has 5 nitrogen and oxygen atoms in total. The molecule has 0 bridgehead atoms. The van der Waals surface area contributed by atoms with Gasteiger partial charge in [0.15, 0.2) is 0 Å². The largest absolute Gasteiger partial charge is 0.396 e. The Bertz CT molecular complexity index is 499. The van der Waals surface area contributed by atoms with Crippen LogP contribution in [0.4, 0.5) is 5.69 Å². The second-order valence-corrected chi connectivity index (χ2v) is 6.40. The summed E-state index contributed by atoms with van der Waals surface area (Å²) >= 11 is 0. The number of likely N-dealkylation sites (tertiary alicyclic amines) is 1. The molecular formula is C18H29N3O2. The molecule has 1 heterocycles. The predicted octanol–water partition coefficient (Wildman–Crippen LogP) is 1.92. The van der Waals surface area contributed by atoms with Gasteiger partial charge in [-0.25, -0.2) is 0 Å². The summed E-state index contributed by atoms with van der Waals surface area (Å²) in [5, 5.41) is 11.9. The first-order valence-electron chi connectivity index (χ1n) is 8.49. The van der Waals surface area contributed by atoms with Crippen LogP contribution < -0.4 is 5.32 Å². The zero-order valence-corrected chi connectivity index (χ0v) is 14.3. The molecule has 0 radical (unpaired) electrons. The van der Waals surface area contributed by atoms with E-state index in [1.807, 2.05) is 18.2 Å². The maximum Gasteiger partial charge on any atom is 0.221 e. The van der Waals surface area contributed by atoms with E-state index in [9.17, 15) is 4.79 Å². The van der Waals surface area contributed by atoms with E-state index in [1.54, 1.807) is 6.92 Å². The summed E-state index contributed by atoms with van der Waals surface area (Å²) < 4.78 is 0. The van der Waals surface area contributed by atoms with Gasteiger partial charge in [0.1, 0.15) is 0 Å². The molecule has 2 N–H and O–H groups in total. The highest BCUT2D eigenvalue weighted by Gasteiger charge is 2.22. The van der Waals surface area contributed by atoms with Crippen LogP contribution in [0.15, 0.2) is 24.3 Å². The number of anilines is 1. The van der Waals surface area contributed by atoms with Gasteiger partial charge in [-0.1, -0.05) is 18.2 Å². The lowest BCUT2D eigenvalue weighted by molar-refractivity contribution is -0.114. The fourth-order valence-corrected chi connectivity index (χ4v) is 3.23. The Morgan fingerprint density at radius 1 is 1.35 bits per heavy atom. The van der Waals surface area contributed by atoms with Gasteiger partial charge in [-0.15, -0.1) is 0 Å². The molecule has 1 fully saturated rings. The Morgan fingerprint density at radius 3 is 2.70 bits per heavy atom. The van der Waals surface area contributed by atoms with E-state index >= 15 is 0 Å². The van der Waals surface area contributed by atoms with Crippen molar-refractivity contribution in [2.45, 2.75) is 38.8 Å². The summed E-state index contributed by atoms with van der Waals surface area (Å²) in [6.45, 7) is 5.80. The number of carbonyl (C=O) groups is 1. The van der Waals surface area contributed by atoms with Crippen molar-refractivity contribution in [1.29, 1.82) is 0 Å². The average Bonchev–Trinajstić information content (AvgIpc) is 2.54. The smallest absolute Gasteiger partial charge is 0.221 e. The molecule has 0 aromatic heterocycles. The molecule has 2 rings (SSSR count). The Balaban J connectivity index is 1.86. The van der Waals surface area contributed by atoms with Crippen LogP contribution in [0.25, 0.3) is 0 Å². The molecule has 5 heteroatoms. The normalized spacial score (nSPS) is 16.7. The molecule has 1 aliphatic rings. The Hall–Kier alpha value is -1.43. The number of nitrogens with one attached hydrogen (secondary N) is 1. The molecule has 0 spiro atoms. The summed E-state index contributed by atoms with van der Waals surface area (Å²) in [6.07, 6.45) is 3.16. The fraction of sp³-hybridized carbons (Fsp3) is 0.611.